The molecule has 0 aliphatic carbocycles. The Labute approximate surface area is 184 Å². The molecule has 0 saturated carbocycles. The first kappa shape index (κ1) is 22.3. The summed E-state index contributed by atoms with van der Waals surface area (Å²) in [5.41, 5.74) is 9.63. The summed E-state index contributed by atoms with van der Waals surface area (Å²) in [5, 5.41) is 0. The third kappa shape index (κ3) is 4.37. The Morgan fingerprint density at radius 1 is 1.03 bits per heavy atom. The molecule has 6 heteroatoms. The summed E-state index contributed by atoms with van der Waals surface area (Å²) in [6.45, 7) is 4.21. The van der Waals surface area contributed by atoms with Crippen molar-refractivity contribution in [2.75, 3.05) is 26.2 Å². The van der Waals surface area contributed by atoms with Crippen molar-refractivity contribution in [2.45, 2.75) is 31.7 Å². The summed E-state index contributed by atoms with van der Waals surface area (Å²) in [4.78, 5) is 29.3. The highest BCUT2D eigenvalue weighted by atomic mass is 35.5. The van der Waals surface area contributed by atoms with Crippen molar-refractivity contribution in [3.63, 3.8) is 0 Å². The molecule has 160 valence electrons. The summed E-state index contributed by atoms with van der Waals surface area (Å²) in [5.74, 6) is 0.673. The van der Waals surface area contributed by atoms with Crippen molar-refractivity contribution < 1.29 is 9.59 Å². The summed E-state index contributed by atoms with van der Waals surface area (Å²) in [6.07, 6.45) is 1.17. The van der Waals surface area contributed by atoms with Crippen molar-refractivity contribution in [1.82, 2.24) is 9.80 Å². The third-order valence-electron chi connectivity index (χ3n) is 6.51. The van der Waals surface area contributed by atoms with Crippen LogP contribution >= 0.6 is 12.4 Å². The van der Waals surface area contributed by atoms with E-state index in [0.717, 1.165) is 12.0 Å². The van der Waals surface area contributed by atoms with Gasteiger partial charge in [-0.25, -0.2) is 0 Å². The Kier molecular flexibility index (Phi) is 7.16. The molecule has 1 unspecified atom stereocenters. The molecule has 1 fully saturated rings. The zero-order chi connectivity index (χ0) is 20.4. The highest BCUT2D eigenvalue weighted by molar-refractivity contribution is 5.85. The van der Waals surface area contributed by atoms with E-state index in [-0.39, 0.29) is 42.1 Å². The fourth-order valence-corrected chi connectivity index (χ4v) is 4.93. The first-order valence-corrected chi connectivity index (χ1v) is 10.5. The van der Waals surface area contributed by atoms with Gasteiger partial charge in [0.2, 0.25) is 11.8 Å². The average molecular weight is 428 g/mol. The number of nitrogens with zero attached hydrogens (tertiary/aromatic N) is 2. The molecular weight excluding hydrogens is 398 g/mol. The molecule has 0 aromatic heterocycles. The van der Waals surface area contributed by atoms with Gasteiger partial charge in [-0.1, -0.05) is 54.6 Å². The number of hydrogen-bond donors (Lipinski definition) is 1. The van der Waals surface area contributed by atoms with E-state index >= 15 is 0 Å². The SMILES string of the molecule is CC(=O)N1CCc2ccccc2C1CC(=O)N1C[C@@H](CN)[C@H](c2ccccc2)C1.Cl. The lowest BCUT2D eigenvalue weighted by Gasteiger charge is -2.37. The van der Waals surface area contributed by atoms with E-state index in [1.165, 1.54) is 11.1 Å². The molecular formula is C24H30ClN3O2. The minimum absolute atomic E-state index is 0. The molecule has 0 spiro atoms. The Hall–Kier alpha value is -2.37. The zero-order valence-corrected chi connectivity index (χ0v) is 18.2. The second kappa shape index (κ2) is 9.63. The first-order valence-electron chi connectivity index (χ1n) is 10.5. The molecule has 3 atom stereocenters. The van der Waals surface area contributed by atoms with E-state index in [4.69, 9.17) is 5.73 Å². The Morgan fingerprint density at radius 3 is 2.43 bits per heavy atom. The Balaban J connectivity index is 0.00000256. The maximum Gasteiger partial charge on any atom is 0.225 e. The number of carbonyl (C=O) groups excluding carboxylic acids is 2. The van der Waals surface area contributed by atoms with Crippen molar-refractivity contribution in [2.24, 2.45) is 11.7 Å². The normalized spacial score (nSPS) is 22.9. The van der Waals surface area contributed by atoms with Crippen LogP contribution in [0.1, 0.15) is 42.0 Å². The van der Waals surface area contributed by atoms with Crippen LogP contribution < -0.4 is 5.73 Å². The number of halogens is 1. The molecule has 0 bridgehead atoms. The van der Waals surface area contributed by atoms with Gasteiger partial charge in [0.25, 0.3) is 0 Å². The van der Waals surface area contributed by atoms with Crippen LogP contribution in [0.4, 0.5) is 0 Å². The maximum atomic E-state index is 13.3. The van der Waals surface area contributed by atoms with Crippen molar-refractivity contribution in [1.29, 1.82) is 0 Å². The van der Waals surface area contributed by atoms with Crippen molar-refractivity contribution >= 4 is 24.2 Å². The second-order valence-electron chi connectivity index (χ2n) is 8.19. The van der Waals surface area contributed by atoms with Crippen LogP contribution in [0.25, 0.3) is 0 Å². The number of hydrogen-bond acceptors (Lipinski definition) is 3. The third-order valence-corrected chi connectivity index (χ3v) is 6.51. The lowest BCUT2D eigenvalue weighted by Crippen LogP contribution is -2.41. The predicted molar refractivity (Wildman–Crippen MR) is 120 cm³/mol. The first-order chi connectivity index (χ1) is 14.1. The molecule has 2 amide bonds. The van der Waals surface area contributed by atoms with E-state index in [2.05, 4.69) is 24.3 Å². The molecule has 4 rings (SSSR count). The Bertz CT molecular complexity index is 889. The fraction of sp³-hybridized carbons (Fsp3) is 0.417. The van der Waals surface area contributed by atoms with Crippen molar-refractivity contribution in [3.8, 4) is 0 Å². The van der Waals surface area contributed by atoms with Gasteiger partial charge >= 0.3 is 0 Å². The number of benzene rings is 2. The summed E-state index contributed by atoms with van der Waals surface area (Å²) < 4.78 is 0. The number of carbonyl (C=O) groups is 2. The van der Waals surface area contributed by atoms with Crippen LogP contribution in [0.3, 0.4) is 0 Å². The van der Waals surface area contributed by atoms with Crippen LogP contribution in [-0.2, 0) is 16.0 Å². The Morgan fingerprint density at radius 2 is 1.73 bits per heavy atom. The molecule has 2 aliphatic heterocycles. The summed E-state index contributed by atoms with van der Waals surface area (Å²) >= 11 is 0. The summed E-state index contributed by atoms with van der Waals surface area (Å²) in [7, 11) is 0. The molecule has 0 radical (unpaired) electrons. The number of likely N-dealkylation sites (tertiary alicyclic amines) is 1. The van der Waals surface area contributed by atoms with Gasteiger partial charge in [-0.3, -0.25) is 9.59 Å². The van der Waals surface area contributed by atoms with Crippen LogP contribution in [0.15, 0.2) is 54.6 Å². The van der Waals surface area contributed by atoms with Crippen molar-refractivity contribution in [3.05, 3.63) is 71.3 Å². The minimum atomic E-state index is -0.183. The van der Waals surface area contributed by atoms with E-state index < -0.39 is 0 Å². The van der Waals surface area contributed by atoms with Gasteiger partial charge in [-0.2, -0.15) is 0 Å². The zero-order valence-electron chi connectivity index (χ0n) is 17.4. The van der Waals surface area contributed by atoms with E-state index in [0.29, 0.717) is 32.6 Å². The van der Waals surface area contributed by atoms with E-state index in [1.54, 1.807) is 6.92 Å². The van der Waals surface area contributed by atoms with Gasteiger partial charge < -0.3 is 15.5 Å². The van der Waals surface area contributed by atoms with Gasteiger partial charge in [-0.15, -0.1) is 12.4 Å². The highest BCUT2D eigenvalue weighted by Crippen LogP contribution is 2.36. The lowest BCUT2D eigenvalue weighted by molar-refractivity contribution is -0.136. The lowest BCUT2D eigenvalue weighted by atomic mass is 9.89. The molecule has 30 heavy (non-hydrogen) atoms. The van der Waals surface area contributed by atoms with Crippen LogP contribution in [0, 0.1) is 5.92 Å². The molecule has 2 aromatic rings. The highest BCUT2D eigenvalue weighted by Gasteiger charge is 2.38. The predicted octanol–water partition coefficient (Wildman–Crippen LogP) is 3.15. The molecule has 2 N–H and O–H groups in total. The average Bonchev–Trinajstić information content (AvgIpc) is 3.19. The fourth-order valence-electron chi connectivity index (χ4n) is 4.93. The molecule has 2 aliphatic rings. The summed E-state index contributed by atoms with van der Waals surface area (Å²) in [6, 6.07) is 18.3. The number of rotatable bonds is 4. The largest absolute Gasteiger partial charge is 0.342 e. The quantitative estimate of drug-likeness (QED) is 0.815. The smallest absolute Gasteiger partial charge is 0.225 e. The standard InChI is InChI=1S/C24H29N3O2.ClH/c1-17(28)27-12-11-19-9-5-6-10-21(19)23(27)13-24(29)26-15-20(14-25)22(16-26)18-7-3-2-4-8-18;/h2-10,20,22-23H,11-16,25H2,1H3;1H/t20-,22+,23?;/m1./s1. The van der Waals surface area contributed by atoms with Gasteiger partial charge in [0, 0.05) is 32.5 Å². The van der Waals surface area contributed by atoms with Crippen LogP contribution in [0.5, 0.6) is 0 Å². The molecule has 2 aromatic carbocycles. The number of amides is 2. The van der Waals surface area contributed by atoms with E-state index in [9.17, 15) is 9.59 Å². The number of fused-ring (bicyclic) bond motifs is 1. The maximum absolute atomic E-state index is 13.3. The van der Waals surface area contributed by atoms with Gasteiger partial charge in [-0.05, 0) is 35.6 Å². The van der Waals surface area contributed by atoms with Crippen LogP contribution in [0.2, 0.25) is 0 Å². The minimum Gasteiger partial charge on any atom is -0.342 e. The van der Waals surface area contributed by atoms with Gasteiger partial charge in [0.1, 0.15) is 0 Å². The van der Waals surface area contributed by atoms with E-state index in [1.807, 2.05) is 40.1 Å². The van der Waals surface area contributed by atoms with Crippen LogP contribution in [-0.4, -0.2) is 47.8 Å². The number of nitrogens with two attached hydrogens (primary N) is 1. The topological polar surface area (TPSA) is 66.6 Å². The monoisotopic (exact) mass is 427 g/mol. The molecule has 2 heterocycles. The molecule has 5 nitrogen and oxygen atoms in total. The second-order valence-corrected chi connectivity index (χ2v) is 8.19. The van der Waals surface area contributed by atoms with Gasteiger partial charge in [0.15, 0.2) is 0 Å². The molecule has 1 saturated heterocycles. The van der Waals surface area contributed by atoms with Gasteiger partial charge in [0.05, 0.1) is 12.5 Å².